The number of halogens is 1. The topological polar surface area (TPSA) is 89.0 Å². The lowest BCUT2D eigenvalue weighted by atomic mass is 10.1. The highest BCUT2D eigenvalue weighted by molar-refractivity contribution is 9.10. The molecule has 0 saturated carbocycles. The van der Waals surface area contributed by atoms with Crippen molar-refractivity contribution >= 4 is 27.6 Å². The van der Waals surface area contributed by atoms with Crippen molar-refractivity contribution in [2.45, 2.75) is 26.8 Å². The lowest BCUT2D eigenvalue weighted by molar-refractivity contribution is 0.251. The fourth-order valence-corrected chi connectivity index (χ4v) is 2.40. The van der Waals surface area contributed by atoms with E-state index < -0.39 is 0 Å². The van der Waals surface area contributed by atoms with Crippen molar-refractivity contribution in [1.29, 1.82) is 0 Å². The first-order valence-corrected chi connectivity index (χ1v) is 8.31. The number of carbonyl (C=O) groups excluding carboxylic acids is 1. The highest BCUT2D eigenvalue weighted by atomic mass is 79.9. The summed E-state index contributed by atoms with van der Waals surface area (Å²) in [6, 6.07) is 1.49. The van der Waals surface area contributed by atoms with E-state index in [4.69, 9.17) is 4.74 Å². The van der Waals surface area contributed by atoms with E-state index >= 15 is 0 Å². The summed E-state index contributed by atoms with van der Waals surface area (Å²) in [4.78, 5) is 24.6. The summed E-state index contributed by atoms with van der Waals surface area (Å²) in [6.07, 6.45) is 5.65. The maximum atomic E-state index is 12.0. The van der Waals surface area contributed by atoms with Crippen molar-refractivity contribution in [3.05, 3.63) is 40.5 Å². The third-order valence-corrected chi connectivity index (χ3v) is 3.51. The Hall–Kier alpha value is -2.22. The Balaban J connectivity index is 1.90. The van der Waals surface area contributed by atoms with Crippen LogP contribution in [0.2, 0.25) is 0 Å². The monoisotopic (exact) mass is 393 g/mol. The van der Waals surface area contributed by atoms with E-state index in [1.54, 1.807) is 18.6 Å². The van der Waals surface area contributed by atoms with Gasteiger partial charge in [0.15, 0.2) is 0 Å². The summed E-state index contributed by atoms with van der Waals surface area (Å²) >= 11 is 3.35. The lowest BCUT2D eigenvalue weighted by Crippen LogP contribution is -2.28. The predicted octanol–water partition coefficient (Wildman–Crippen LogP) is 3.16. The standard InChI is InChI=1S/C16H20BrN5O2/c1-10(2)4-14-18-8-13(9-19-14)22-16(23)21-6-11-5-12(17)7-20-15(11)24-3/h5,7-10H,4,6H2,1-3H3,(H2,21,22,23). The Bertz CT molecular complexity index is 691. The Kier molecular flexibility index (Phi) is 6.48. The minimum absolute atomic E-state index is 0.285. The zero-order valence-corrected chi connectivity index (χ0v) is 15.4. The lowest BCUT2D eigenvalue weighted by Gasteiger charge is -2.10. The van der Waals surface area contributed by atoms with E-state index in [0.29, 0.717) is 17.5 Å². The van der Waals surface area contributed by atoms with Gasteiger partial charge >= 0.3 is 6.03 Å². The Labute approximate surface area is 149 Å². The van der Waals surface area contributed by atoms with E-state index in [-0.39, 0.29) is 12.6 Å². The van der Waals surface area contributed by atoms with Gasteiger partial charge in [-0.2, -0.15) is 0 Å². The molecule has 0 atom stereocenters. The summed E-state index contributed by atoms with van der Waals surface area (Å²) < 4.78 is 5.99. The SMILES string of the molecule is COc1ncc(Br)cc1CNC(=O)Nc1cnc(CC(C)C)nc1. The number of hydrogen-bond donors (Lipinski definition) is 2. The summed E-state index contributed by atoms with van der Waals surface area (Å²) in [5.41, 5.74) is 1.31. The van der Waals surface area contributed by atoms with Gasteiger partial charge in [-0.1, -0.05) is 13.8 Å². The van der Waals surface area contributed by atoms with Gasteiger partial charge in [0.1, 0.15) is 5.82 Å². The molecule has 8 heteroatoms. The van der Waals surface area contributed by atoms with E-state index in [1.165, 1.54) is 7.11 Å². The van der Waals surface area contributed by atoms with Crippen molar-refractivity contribution in [2.24, 2.45) is 5.92 Å². The summed E-state index contributed by atoms with van der Waals surface area (Å²) in [6.45, 7) is 4.50. The number of carbonyl (C=O) groups is 1. The highest BCUT2D eigenvalue weighted by Gasteiger charge is 2.08. The first-order valence-electron chi connectivity index (χ1n) is 7.52. The van der Waals surface area contributed by atoms with Crippen LogP contribution in [0.3, 0.4) is 0 Å². The summed E-state index contributed by atoms with van der Waals surface area (Å²) in [7, 11) is 1.54. The summed E-state index contributed by atoms with van der Waals surface area (Å²) in [5, 5.41) is 5.45. The molecule has 2 aromatic rings. The minimum atomic E-state index is -0.350. The van der Waals surface area contributed by atoms with E-state index in [2.05, 4.69) is 55.4 Å². The number of nitrogens with one attached hydrogen (secondary N) is 2. The third-order valence-electron chi connectivity index (χ3n) is 3.08. The number of hydrogen-bond acceptors (Lipinski definition) is 5. The van der Waals surface area contributed by atoms with Gasteiger partial charge in [-0.25, -0.2) is 19.7 Å². The van der Waals surface area contributed by atoms with Gasteiger partial charge in [0.2, 0.25) is 5.88 Å². The van der Waals surface area contributed by atoms with Crippen LogP contribution in [-0.4, -0.2) is 28.1 Å². The largest absolute Gasteiger partial charge is 0.481 e. The first-order chi connectivity index (χ1) is 11.5. The van der Waals surface area contributed by atoms with Crippen LogP contribution < -0.4 is 15.4 Å². The van der Waals surface area contributed by atoms with Gasteiger partial charge in [-0.05, 0) is 27.9 Å². The molecule has 2 heterocycles. The van der Waals surface area contributed by atoms with Crippen molar-refractivity contribution in [3.63, 3.8) is 0 Å². The predicted molar refractivity (Wildman–Crippen MR) is 94.9 cm³/mol. The van der Waals surface area contributed by atoms with Gasteiger partial charge in [-0.3, -0.25) is 0 Å². The molecule has 0 aliphatic heterocycles. The van der Waals surface area contributed by atoms with Crippen molar-refractivity contribution < 1.29 is 9.53 Å². The Morgan fingerprint density at radius 2 is 1.96 bits per heavy atom. The van der Waals surface area contributed by atoms with Crippen LogP contribution in [0.1, 0.15) is 25.2 Å². The number of anilines is 1. The molecule has 7 nitrogen and oxygen atoms in total. The normalized spacial score (nSPS) is 10.5. The second kappa shape index (κ2) is 8.58. The molecule has 2 aromatic heterocycles. The smallest absolute Gasteiger partial charge is 0.319 e. The first kappa shape index (κ1) is 18.1. The molecule has 2 N–H and O–H groups in total. The molecular formula is C16H20BrN5O2. The van der Waals surface area contributed by atoms with Crippen LogP contribution in [0.25, 0.3) is 0 Å². The molecule has 0 aliphatic carbocycles. The molecule has 2 rings (SSSR count). The van der Waals surface area contributed by atoms with Gasteiger partial charge in [0.25, 0.3) is 0 Å². The van der Waals surface area contributed by atoms with Crippen molar-refractivity contribution in [3.8, 4) is 5.88 Å². The molecule has 0 aromatic carbocycles. The fraction of sp³-hybridized carbons (Fsp3) is 0.375. The second-order valence-corrected chi connectivity index (χ2v) is 6.53. The molecule has 0 saturated heterocycles. The van der Waals surface area contributed by atoms with E-state index in [0.717, 1.165) is 22.3 Å². The van der Waals surface area contributed by atoms with Crippen molar-refractivity contribution in [2.75, 3.05) is 12.4 Å². The number of amides is 2. The molecule has 0 unspecified atom stereocenters. The van der Waals surface area contributed by atoms with Crippen LogP contribution in [0, 0.1) is 5.92 Å². The molecular weight excluding hydrogens is 374 g/mol. The average molecular weight is 394 g/mol. The van der Waals surface area contributed by atoms with Gasteiger partial charge in [-0.15, -0.1) is 0 Å². The molecule has 128 valence electrons. The molecule has 0 fully saturated rings. The maximum Gasteiger partial charge on any atom is 0.319 e. The van der Waals surface area contributed by atoms with Crippen molar-refractivity contribution in [1.82, 2.24) is 20.3 Å². The van der Waals surface area contributed by atoms with Crippen LogP contribution in [0.15, 0.2) is 29.1 Å². The van der Waals surface area contributed by atoms with Gasteiger partial charge in [0, 0.05) is 29.2 Å². The number of methoxy groups -OCH3 is 1. The number of rotatable bonds is 6. The molecule has 2 amide bonds. The van der Waals surface area contributed by atoms with Crippen LogP contribution >= 0.6 is 15.9 Å². The van der Waals surface area contributed by atoms with Crippen LogP contribution in [-0.2, 0) is 13.0 Å². The van der Waals surface area contributed by atoms with Gasteiger partial charge in [0.05, 0.1) is 25.2 Å². The van der Waals surface area contributed by atoms with E-state index in [1.807, 2.05) is 6.07 Å². The zero-order chi connectivity index (χ0) is 17.5. The Morgan fingerprint density at radius 1 is 1.25 bits per heavy atom. The average Bonchev–Trinajstić information content (AvgIpc) is 2.54. The highest BCUT2D eigenvalue weighted by Crippen LogP contribution is 2.19. The molecule has 0 aliphatic rings. The second-order valence-electron chi connectivity index (χ2n) is 5.62. The number of nitrogens with zero attached hydrogens (tertiary/aromatic N) is 3. The maximum absolute atomic E-state index is 12.0. The zero-order valence-electron chi connectivity index (χ0n) is 13.8. The van der Waals surface area contributed by atoms with E-state index in [9.17, 15) is 4.79 Å². The minimum Gasteiger partial charge on any atom is -0.481 e. The fourth-order valence-electron chi connectivity index (χ4n) is 2.02. The van der Waals surface area contributed by atoms with Gasteiger partial charge < -0.3 is 15.4 Å². The van der Waals surface area contributed by atoms with Crippen LogP contribution in [0.4, 0.5) is 10.5 Å². The number of urea groups is 1. The molecule has 0 bridgehead atoms. The molecule has 24 heavy (non-hydrogen) atoms. The number of aromatic nitrogens is 3. The quantitative estimate of drug-likeness (QED) is 0.786. The number of pyridine rings is 1. The van der Waals surface area contributed by atoms with Crippen LogP contribution in [0.5, 0.6) is 5.88 Å². The Morgan fingerprint density at radius 3 is 2.58 bits per heavy atom. The molecule has 0 spiro atoms. The third kappa shape index (κ3) is 5.45. The number of ether oxygens (including phenoxy) is 1. The molecule has 0 radical (unpaired) electrons. The summed E-state index contributed by atoms with van der Waals surface area (Å²) in [5.74, 6) is 1.72.